The molecule has 2 aromatic rings. The summed E-state index contributed by atoms with van der Waals surface area (Å²) in [5.41, 5.74) is 8.79. The van der Waals surface area contributed by atoms with E-state index < -0.39 is 0 Å². The number of aromatic hydroxyl groups is 1. The number of nitrogen functional groups attached to an aromatic ring is 1. The van der Waals surface area contributed by atoms with Crippen LogP contribution in [0.2, 0.25) is 0 Å². The second-order valence-corrected chi connectivity index (χ2v) is 4.78. The van der Waals surface area contributed by atoms with Crippen LogP contribution < -0.4 is 16.4 Å². The van der Waals surface area contributed by atoms with Crippen molar-refractivity contribution >= 4 is 17.5 Å². The summed E-state index contributed by atoms with van der Waals surface area (Å²) in [4.78, 5) is 8.83. The Morgan fingerprint density at radius 3 is 2.90 bits per heavy atom. The number of benzene rings is 1. The van der Waals surface area contributed by atoms with Crippen LogP contribution in [0.15, 0.2) is 24.3 Å². The number of hydrogen-bond donors (Lipinski definition) is 4. The average molecular weight is 271 g/mol. The fourth-order valence-corrected chi connectivity index (χ4v) is 2.34. The van der Waals surface area contributed by atoms with E-state index >= 15 is 0 Å². The average Bonchev–Trinajstić information content (AvgIpc) is 2.64. The first-order chi connectivity index (χ1) is 9.72. The van der Waals surface area contributed by atoms with Gasteiger partial charge in [0.1, 0.15) is 11.6 Å². The maximum Gasteiger partial charge on any atom is 0.229 e. The van der Waals surface area contributed by atoms with E-state index in [2.05, 4.69) is 20.6 Å². The van der Waals surface area contributed by atoms with Crippen molar-refractivity contribution in [2.75, 3.05) is 24.1 Å². The molecule has 1 aliphatic rings. The number of anilines is 3. The standard InChI is InChI=1S/C14H17N5O/c15-13-11-4-6-16-7-5-12(11)18-14(19-13)17-9-2-1-3-10(20)8-9/h1-3,8,16,20H,4-7H2,(H3,15,17,18,19). The third-order valence-corrected chi connectivity index (χ3v) is 3.32. The molecule has 1 aromatic heterocycles. The lowest BCUT2D eigenvalue weighted by atomic mass is 10.1. The van der Waals surface area contributed by atoms with E-state index in [9.17, 15) is 5.11 Å². The molecule has 6 heteroatoms. The number of fused-ring (bicyclic) bond motifs is 1. The topological polar surface area (TPSA) is 96.1 Å². The van der Waals surface area contributed by atoms with Crippen LogP contribution in [0.5, 0.6) is 5.75 Å². The summed E-state index contributed by atoms with van der Waals surface area (Å²) < 4.78 is 0. The minimum Gasteiger partial charge on any atom is -0.508 e. The maximum absolute atomic E-state index is 9.46. The SMILES string of the molecule is Nc1nc(Nc2cccc(O)c2)nc2c1CCNCC2. The molecule has 0 spiro atoms. The summed E-state index contributed by atoms with van der Waals surface area (Å²) in [6.45, 7) is 1.80. The van der Waals surface area contributed by atoms with Gasteiger partial charge in [-0.15, -0.1) is 0 Å². The lowest BCUT2D eigenvalue weighted by Crippen LogP contribution is -2.16. The predicted molar refractivity (Wildman–Crippen MR) is 78.1 cm³/mol. The fourth-order valence-electron chi connectivity index (χ4n) is 2.34. The zero-order valence-electron chi connectivity index (χ0n) is 11.1. The molecule has 5 N–H and O–H groups in total. The van der Waals surface area contributed by atoms with Gasteiger partial charge in [-0.2, -0.15) is 4.98 Å². The molecule has 0 aliphatic carbocycles. The van der Waals surface area contributed by atoms with Crippen LogP contribution in [0.25, 0.3) is 0 Å². The van der Waals surface area contributed by atoms with Gasteiger partial charge in [-0.1, -0.05) is 6.07 Å². The molecular formula is C14H17N5O. The Kier molecular flexibility index (Phi) is 3.39. The molecule has 0 atom stereocenters. The van der Waals surface area contributed by atoms with Crippen LogP contribution in [-0.2, 0) is 12.8 Å². The highest BCUT2D eigenvalue weighted by Gasteiger charge is 2.14. The Morgan fingerprint density at radius 1 is 1.20 bits per heavy atom. The molecule has 104 valence electrons. The normalized spacial score (nSPS) is 14.4. The second-order valence-electron chi connectivity index (χ2n) is 4.78. The Morgan fingerprint density at radius 2 is 2.05 bits per heavy atom. The largest absolute Gasteiger partial charge is 0.508 e. The summed E-state index contributed by atoms with van der Waals surface area (Å²) in [6, 6.07) is 6.83. The smallest absolute Gasteiger partial charge is 0.229 e. The zero-order valence-corrected chi connectivity index (χ0v) is 11.1. The maximum atomic E-state index is 9.46. The van der Waals surface area contributed by atoms with Crippen LogP contribution >= 0.6 is 0 Å². The molecule has 20 heavy (non-hydrogen) atoms. The molecule has 0 amide bonds. The molecule has 0 saturated carbocycles. The lowest BCUT2D eigenvalue weighted by molar-refractivity contribution is 0.475. The van der Waals surface area contributed by atoms with Gasteiger partial charge in [-0.3, -0.25) is 0 Å². The molecule has 1 aliphatic heterocycles. The first-order valence-corrected chi connectivity index (χ1v) is 6.64. The van der Waals surface area contributed by atoms with Crippen molar-refractivity contribution in [2.24, 2.45) is 0 Å². The highest BCUT2D eigenvalue weighted by molar-refractivity contribution is 5.58. The number of nitrogens with one attached hydrogen (secondary N) is 2. The van der Waals surface area contributed by atoms with Crippen molar-refractivity contribution in [3.05, 3.63) is 35.5 Å². The van der Waals surface area contributed by atoms with Crippen molar-refractivity contribution < 1.29 is 5.11 Å². The van der Waals surface area contributed by atoms with Crippen LogP contribution in [0.3, 0.4) is 0 Å². The van der Waals surface area contributed by atoms with Crippen molar-refractivity contribution in [1.82, 2.24) is 15.3 Å². The van der Waals surface area contributed by atoms with Gasteiger partial charge in [0, 0.05) is 30.3 Å². The zero-order chi connectivity index (χ0) is 13.9. The summed E-state index contributed by atoms with van der Waals surface area (Å²) in [6.07, 6.45) is 1.70. The molecule has 6 nitrogen and oxygen atoms in total. The van der Waals surface area contributed by atoms with E-state index in [1.165, 1.54) is 0 Å². The van der Waals surface area contributed by atoms with E-state index in [1.54, 1.807) is 18.2 Å². The van der Waals surface area contributed by atoms with Crippen molar-refractivity contribution in [3.63, 3.8) is 0 Å². The van der Waals surface area contributed by atoms with Crippen LogP contribution in [0, 0.1) is 0 Å². The number of phenolic OH excluding ortho intramolecular Hbond substituents is 1. The first-order valence-electron chi connectivity index (χ1n) is 6.64. The van der Waals surface area contributed by atoms with E-state index in [0.29, 0.717) is 11.8 Å². The monoisotopic (exact) mass is 271 g/mol. The molecular weight excluding hydrogens is 254 g/mol. The summed E-state index contributed by atoms with van der Waals surface area (Å²) >= 11 is 0. The van der Waals surface area contributed by atoms with E-state index in [4.69, 9.17) is 5.73 Å². The van der Waals surface area contributed by atoms with Crippen LogP contribution in [0.4, 0.5) is 17.5 Å². The summed E-state index contributed by atoms with van der Waals surface area (Å²) in [5.74, 6) is 1.19. The van der Waals surface area contributed by atoms with E-state index in [-0.39, 0.29) is 5.75 Å². The number of nitrogens with zero attached hydrogens (tertiary/aromatic N) is 2. The molecule has 0 fully saturated rings. The Labute approximate surface area is 117 Å². The van der Waals surface area contributed by atoms with Gasteiger partial charge in [0.15, 0.2) is 0 Å². The van der Waals surface area contributed by atoms with Crippen molar-refractivity contribution in [2.45, 2.75) is 12.8 Å². The van der Waals surface area contributed by atoms with Gasteiger partial charge in [-0.05, 0) is 25.1 Å². The highest BCUT2D eigenvalue weighted by Crippen LogP contribution is 2.22. The molecule has 0 bridgehead atoms. The molecule has 0 unspecified atom stereocenters. The predicted octanol–water partition coefficient (Wildman–Crippen LogP) is 1.20. The van der Waals surface area contributed by atoms with Gasteiger partial charge in [0.05, 0.1) is 5.69 Å². The molecule has 0 radical (unpaired) electrons. The Balaban J connectivity index is 1.91. The minimum atomic E-state index is 0.196. The van der Waals surface area contributed by atoms with E-state index in [1.807, 2.05) is 6.07 Å². The fraction of sp³-hybridized carbons (Fsp3) is 0.286. The number of nitrogens with two attached hydrogens (primary N) is 1. The quantitative estimate of drug-likeness (QED) is 0.655. The van der Waals surface area contributed by atoms with Crippen LogP contribution in [-0.4, -0.2) is 28.2 Å². The number of hydrogen-bond acceptors (Lipinski definition) is 6. The van der Waals surface area contributed by atoms with Gasteiger partial charge in [0.25, 0.3) is 0 Å². The van der Waals surface area contributed by atoms with E-state index in [0.717, 1.165) is 42.9 Å². The lowest BCUT2D eigenvalue weighted by Gasteiger charge is -2.11. The third kappa shape index (κ3) is 2.65. The molecule has 2 heterocycles. The third-order valence-electron chi connectivity index (χ3n) is 3.32. The summed E-state index contributed by atoms with van der Waals surface area (Å²) in [7, 11) is 0. The molecule has 1 aromatic carbocycles. The highest BCUT2D eigenvalue weighted by atomic mass is 16.3. The van der Waals surface area contributed by atoms with Gasteiger partial charge in [-0.25, -0.2) is 4.98 Å². The number of rotatable bonds is 2. The minimum absolute atomic E-state index is 0.196. The summed E-state index contributed by atoms with van der Waals surface area (Å²) in [5, 5.41) is 15.9. The molecule has 0 saturated heterocycles. The molecule has 3 rings (SSSR count). The van der Waals surface area contributed by atoms with Crippen LogP contribution in [0.1, 0.15) is 11.3 Å². The number of phenols is 1. The second kappa shape index (κ2) is 5.34. The van der Waals surface area contributed by atoms with Gasteiger partial charge >= 0.3 is 0 Å². The first kappa shape index (κ1) is 12.7. The van der Waals surface area contributed by atoms with Gasteiger partial charge in [0.2, 0.25) is 5.95 Å². The Hall–Kier alpha value is -2.34. The Bertz CT molecular complexity index is 629. The van der Waals surface area contributed by atoms with Crippen molar-refractivity contribution in [1.29, 1.82) is 0 Å². The number of aromatic nitrogens is 2. The van der Waals surface area contributed by atoms with Crippen molar-refractivity contribution in [3.8, 4) is 5.75 Å². The van der Waals surface area contributed by atoms with Gasteiger partial charge < -0.3 is 21.5 Å².